The summed E-state index contributed by atoms with van der Waals surface area (Å²) in [5, 5.41) is 0. The molecule has 0 bridgehead atoms. The molecule has 2 saturated heterocycles. The van der Waals surface area contributed by atoms with Gasteiger partial charge in [-0.05, 0) is 26.1 Å². The van der Waals surface area contributed by atoms with Gasteiger partial charge in [0.25, 0.3) is 5.91 Å². The van der Waals surface area contributed by atoms with Gasteiger partial charge in [0.05, 0.1) is 0 Å². The first-order chi connectivity index (χ1) is 14.5. The predicted molar refractivity (Wildman–Crippen MR) is 116 cm³/mol. The van der Waals surface area contributed by atoms with Gasteiger partial charge in [-0.2, -0.15) is 0 Å². The minimum absolute atomic E-state index is 0.00315. The fourth-order valence-corrected chi connectivity index (χ4v) is 3.89. The lowest BCUT2D eigenvalue weighted by Gasteiger charge is -2.36. The summed E-state index contributed by atoms with van der Waals surface area (Å²) in [6.45, 7) is 8.28. The number of nitrogens with zero attached hydrogens (tertiary/aromatic N) is 6. The van der Waals surface area contributed by atoms with Crippen molar-refractivity contribution in [2.75, 3.05) is 69.2 Å². The average molecular weight is 409 g/mol. The Bertz CT molecular complexity index is 900. The predicted octanol–water partition coefficient (Wildman–Crippen LogP) is 1.39. The van der Waals surface area contributed by atoms with E-state index in [4.69, 9.17) is 0 Å². The van der Waals surface area contributed by atoms with Crippen molar-refractivity contribution in [2.45, 2.75) is 6.92 Å². The molecule has 30 heavy (non-hydrogen) atoms. The number of carbonyl (C=O) groups excluding carboxylic acids is 2. The Morgan fingerprint density at radius 1 is 0.767 bits per heavy atom. The molecule has 2 aromatic rings. The van der Waals surface area contributed by atoms with Crippen LogP contribution in [-0.2, 0) is 0 Å². The Hall–Kier alpha value is -3.00. The van der Waals surface area contributed by atoms with Crippen molar-refractivity contribution in [3.8, 4) is 0 Å². The summed E-state index contributed by atoms with van der Waals surface area (Å²) in [4.78, 5) is 41.9. The number of aromatic nitrogens is 2. The van der Waals surface area contributed by atoms with Gasteiger partial charge in [-0.1, -0.05) is 12.1 Å². The summed E-state index contributed by atoms with van der Waals surface area (Å²) in [6, 6.07) is 8.96. The third-order valence-corrected chi connectivity index (χ3v) is 5.89. The fourth-order valence-electron chi connectivity index (χ4n) is 3.89. The maximum absolute atomic E-state index is 12.8. The molecular weight excluding hydrogens is 380 g/mol. The topological polar surface area (TPSA) is 72.9 Å². The largest absolute Gasteiger partial charge is 0.354 e. The third kappa shape index (κ3) is 4.43. The van der Waals surface area contributed by atoms with Crippen molar-refractivity contribution < 1.29 is 9.59 Å². The number of hydrogen-bond acceptors (Lipinski definition) is 7. The highest BCUT2D eigenvalue weighted by atomic mass is 16.2. The summed E-state index contributed by atoms with van der Waals surface area (Å²) in [6.07, 6.45) is 1.64. The summed E-state index contributed by atoms with van der Waals surface area (Å²) in [5.74, 6) is 1.89. The monoisotopic (exact) mass is 408 g/mol. The zero-order chi connectivity index (χ0) is 21.1. The molecule has 1 amide bonds. The number of hydrogen-bond donors (Lipinski definition) is 0. The lowest BCUT2D eigenvalue weighted by molar-refractivity contribution is 0.0746. The van der Waals surface area contributed by atoms with Gasteiger partial charge in [0.1, 0.15) is 18.0 Å². The average Bonchev–Trinajstić information content (AvgIpc) is 2.79. The lowest BCUT2D eigenvalue weighted by atomic mass is 10.1. The van der Waals surface area contributed by atoms with E-state index in [0.29, 0.717) is 24.2 Å². The highest BCUT2D eigenvalue weighted by Crippen LogP contribution is 2.20. The number of amides is 1. The van der Waals surface area contributed by atoms with Crippen molar-refractivity contribution in [3.63, 3.8) is 0 Å². The summed E-state index contributed by atoms with van der Waals surface area (Å²) in [5.41, 5.74) is 1.24. The zero-order valence-corrected chi connectivity index (χ0v) is 17.6. The molecule has 2 aliphatic rings. The number of benzene rings is 1. The molecule has 0 radical (unpaired) electrons. The second kappa shape index (κ2) is 8.79. The van der Waals surface area contributed by atoms with Crippen molar-refractivity contribution >= 4 is 23.3 Å². The Morgan fingerprint density at radius 3 is 1.80 bits per heavy atom. The van der Waals surface area contributed by atoms with Crippen LogP contribution in [0.3, 0.4) is 0 Å². The minimum atomic E-state index is 0.00315. The molecule has 0 spiro atoms. The number of piperazine rings is 2. The summed E-state index contributed by atoms with van der Waals surface area (Å²) >= 11 is 0. The Kier molecular flexibility index (Phi) is 5.94. The molecule has 2 aliphatic heterocycles. The van der Waals surface area contributed by atoms with Gasteiger partial charge in [-0.25, -0.2) is 9.97 Å². The lowest BCUT2D eigenvalue weighted by Crippen LogP contribution is -2.49. The molecule has 1 aromatic heterocycles. The van der Waals surface area contributed by atoms with Gasteiger partial charge >= 0.3 is 0 Å². The standard InChI is InChI=1S/C22H28N6O2/c1-17(29)18-3-5-19(6-4-18)22(30)28-13-11-27(12-14-28)21-15-20(23-16-24-21)26-9-7-25(2)8-10-26/h3-6,15-16H,7-14H2,1-2H3. The molecule has 1 aromatic carbocycles. The van der Waals surface area contributed by atoms with Crippen molar-refractivity contribution in [3.05, 3.63) is 47.8 Å². The second-order valence-corrected chi connectivity index (χ2v) is 7.94. The van der Waals surface area contributed by atoms with Crippen LogP contribution < -0.4 is 9.80 Å². The first kappa shape index (κ1) is 20.3. The van der Waals surface area contributed by atoms with E-state index in [1.165, 1.54) is 6.92 Å². The Morgan fingerprint density at radius 2 is 1.27 bits per heavy atom. The van der Waals surface area contributed by atoms with E-state index in [1.807, 2.05) is 4.90 Å². The van der Waals surface area contributed by atoms with Crippen molar-refractivity contribution in [1.29, 1.82) is 0 Å². The van der Waals surface area contributed by atoms with Crippen LogP contribution >= 0.6 is 0 Å². The molecule has 0 aliphatic carbocycles. The van der Waals surface area contributed by atoms with Crippen LogP contribution in [0.2, 0.25) is 0 Å². The normalized spacial score (nSPS) is 17.9. The highest BCUT2D eigenvalue weighted by Gasteiger charge is 2.24. The first-order valence-electron chi connectivity index (χ1n) is 10.4. The van der Waals surface area contributed by atoms with E-state index < -0.39 is 0 Å². The molecule has 8 heteroatoms. The van der Waals surface area contributed by atoms with Gasteiger partial charge in [-0.3, -0.25) is 9.59 Å². The maximum Gasteiger partial charge on any atom is 0.253 e. The molecule has 0 N–H and O–H groups in total. The smallest absolute Gasteiger partial charge is 0.253 e. The Balaban J connectivity index is 1.37. The quantitative estimate of drug-likeness (QED) is 0.708. The number of Topliss-reactive ketones (excluding diaryl/α,β-unsaturated/α-hetero) is 1. The van der Waals surface area contributed by atoms with Crippen molar-refractivity contribution in [1.82, 2.24) is 19.8 Å². The van der Waals surface area contributed by atoms with Crippen LogP contribution in [0.5, 0.6) is 0 Å². The van der Waals surface area contributed by atoms with E-state index in [1.54, 1.807) is 30.6 Å². The molecular formula is C22H28N6O2. The molecule has 0 atom stereocenters. The Labute approximate surface area is 177 Å². The first-order valence-corrected chi connectivity index (χ1v) is 10.4. The number of anilines is 2. The van der Waals surface area contributed by atoms with Gasteiger partial charge in [0, 0.05) is 69.6 Å². The summed E-state index contributed by atoms with van der Waals surface area (Å²) < 4.78 is 0. The van der Waals surface area contributed by atoms with Crippen LogP contribution in [-0.4, -0.2) is 90.9 Å². The van der Waals surface area contributed by atoms with Crippen LogP contribution in [0.4, 0.5) is 11.6 Å². The number of ketones is 1. The molecule has 158 valence electrons. The van der Waals surface area contributed by atoms with E-state index in [-0.39, 0.29) is 11.7 Å². The van der Waals surface area contributed by atoms with Crippen LogP contribution in [0.1, 0.15) is 27.6 Å². The molecule has 8 nitrogen and oxygen atoms in total. The molecule has 0 unspecified atom stereocenters. The minimum Gasteiger partial charge on any atom is -0.354 e. The van der Waals surface area contributed by atoms with Crippen LogP contribution in [0.15, 0.2) is 36.7 Å². The van der Waals surface area contributed by atoms with Crippen molar-refractivity contribution in [2.24, 2.45) is 0 Å². The number of rotatable bonds is 4. The van der Waals surface area contributed by atoms with Crippen LogP contribution in [0, 0.1) is 0 Å². The van der Waals surface area contributed by atoms with Gasteiger partial charge in [0.2, 0.25) is 0 Å². The molecule has 2 fully saturated rings. The number of carbonyl (C=O) groups is 2. The van der Waals surface area contributed by atoms with E-state index >= 15 is 0 Å². The van der Waals surface area contributed by atoms with Gasteiger partial charge in [0.15, 0.2) is 5.78 Å². The molecule has 3 heterocycles. The molecule has 4 rings (SSSR count). The van der Waals surface area contributed by atoms with E-state index in [0.717, 1.165) is 50.9 Å². The van der Waals surface area contributed by atoms with Gasteiger partial charge < -0.3 is 19.6 Å². The van der Waals surface area contributed by atoms with Crippen LogP contribution in [0.25, 0.3) is 0 Å². The third-order valence-electron chi connectivity index (χ3n) is 5.89. The maximum atomic E-state index is 12.8. The second-order valence-electron chi connectivity index (χ2n) is 7.94. The van der Waals surface area contributed by atoms with Gasteiger partial charge in [-0.15, -0.1) is 0 Å². The zero-order valence-electron chi connectivity index (χ0n) is 17.6. The SMILES string of the molecule is CC(=O)c1ccc(C(=O)N2CCN(c3cc(N4CCN(C)CC4)ncn3)CC2)cc1. The highest BCUT2D eigenvalue weighted by molar-refractivity contribution is 5.97. The van der Waals surface area contributed by atoms with E-state index in [9.17, 15) is 9.59 Å². The fraction of sp³-hybridized carbons (Fsp3) is 0.455. The van der Waals surface area contributed by atoms with E-state index in [2.05, 4.69) is 37.8 Å². The molecule has 0 saturated carbocycles. The summed E-state index contributed by atoms with van der Waals surface area (Å²) in [7, 11) is 2.14. The number of likely N-dealkylation sites (N-methyl/N-ethyl adjacent to an activating group) is 1.